The summed E-state index contributed by atoms with van der Waals surface area (Å²) >= 11 is 1.48. The van der Waals surface area contributed by atoms with Crippen molar-refractivity contribution in [2.75, 3.05) is 0 Å². The molecule has 0 fully saturated rings. The fraction of sp³-hybridized carbons (Fsp3) is 0.143. The monoisotopic (exact) mass is 458 g/mol. The third-order valence-corrected chi connectivity index (χ3v) is 0. The Bertz CT molecular complexity index is 330. The first-order valence-electron chi connectivity index (χ1n) is 5.33. The smallest absolute Gasteiger partial charge is 0.465 e. The normalized spacial score (nSPS) is 6.43. The van der Waals surface area contributed by atoms with Gasteiger partial charge in [0.05, 0.1) is 5.84 Å². The van der Waals surface area contributed by atoms with Crippen molar-refractivity contribution in [3.05, 3.63) is 0 Å². The van der Waals surface area contributed by atoms with Crippen molar-refractivity contribution >= 4 is 58.8 Å². The minimum Gasteiger partial charge on any atom is -0.465 e. The molecule has 0 aromatic heterocycles. The van der Waals surface area contributed by atoms with Crippen LogP contribution in [0.1, 0.15) is 6.92 Å². The number of carboxylic acid groups (broad SMARTS) is 3. The van der Waals surface area contributed by atoms with E-state index in [2.05, 4.69) is 52.4 Å². The van der Waals surface area contributed by atoms with Crippen LogP contribution in [0.2, 0.25) is 0 Å². The van der Waals surface area contributed by atoms with Gasteiger partial charge in [-0.3, -0.25) is 19.9 Å². The number of amides is 3. The van der Waals surface area contributed by atoms with Crippen molar-refractivity contribution in [1.29, 1.82) is 10.8 Å². The van der Waals surface area contributed by atoms with Crippen molar-refractivity contribution in [3.63, 3.8) is 0 Å². The fourth-order valence-electron chi connectivity index (χ4n) is 0. The van der Waals surface area contributed by atoms with Crippen LogP contribution in [0.15, 0.2) is 0 Å². The Labute approximate surface area is 166 Å². The molecule has 19 nitrogen and oxygen atoms in total. The second-order valence-corrected chi connectivity index (χ2v) is 3.73. The maximum absolute atomic E-state index is 9.00. The van der Waals surface area contributed by atoms with Gasteiger partial charge >= 0.3 is 18.3 Å². The van der Waals surface area contributed by atoms with E-state index < -0.39 is 29.6 Å². The molecule has 21 heteroatoms. The number of hydrogen-bond donors (Lipinski definition) is 15. The van der Waals surface area contributed by atoms with Gasteiger partial charge in [-0.2, -0.15) is 4.21 Å². The van der Waals surface area contributed by atoms with Crippen molar-refractivity contribution in [1.82, 2.24) is 0 Å². The summed E-state index contributed by atoms with van der Waals surface area (Å²) in [6.07, 6.45) is -3.17. The van der Waals surface area contributed by atoms with Crippen molar-refractivity contribution in [3.8, 4) is 0 Å². The van der Waals surface area contributed by atoms with Gasteiger partial charge in [-0.05, 0) is 19.1 Å². The summed E-state index contributed by atoms with van der Waals surface area (Å²) < 4.78 is 22.8. The van der Waals surface area contributed by atoms with Crippen LogP contribution in [0, 0.1) is 10.8 Å². The van der Waals surface area contributed by atoms with Gasteiger partial charge in [0, 0.05) is 0 Å². The van der Waals surface area contributed by atoms with Gasteiger partial charge in [0.1, 0.15) is 0 Å². The number of urea groups is 1. The van der Waals surface area contributed by atoms with Crippen molar-refractivity contribution < 1.29 is 43.0 Å². The Kier molecular flexibility index (Phi) is 61.0. The standard InChI is InChI=1S/C2H6N2.CH5N3.CH4N2O.CH4N2S.CH3NO2.CH2O3.H2O3S/c1-2(3)4;5*2-1(3)4;1-4(2)3/h1H3,(H3,3,4);(H5,2,3,4);2*(H4,2,3,4);2H2,(H,3,4);(H2,2,3,4);(H2,1,2,3). The molecule has 0 unspecified atom stereocenters. The van der Waals surface area contributed by atoms with Gasteiger partial charge in [-0.25, -0.2) is 14.4 Å². The Hall–Kier alpha value is -3.69. The first-order chi connectivity index (χ1) is 12.1. The summed E-state index contributed by atoms with van der Waals surface area (Å²) in [7, 11) is 0. The van der Waals surface area contributed by atoms with Crippen molar-refractivity contribution in [2.45, 2.75) is 6.92 Å². The van der Waals surface area contributed by atoms with E-state index in [-0.39, 0.29) is 16.9 Å². The molecular weight excluding hydrogens is 432 g/mol. The number of primary amides is 3. The number of amidine groups is 1. The third-order valence-electron chi connectivity index (χ3n) is 0. The van der Waals surface area contributed by atoms with Crippen LogP contribution < -0.4 is 45.9 Å². The van der Waals surface area contributed by atoms with E-state index in [1.165, 1.54) is 6.92 Å². The summed E-state index contributed by atoms with van der Waals surface area (Å²) in [5.74, 6) is -0.167. The van der Waals surface area contributed by atoms with Crippen LogP contribution in [0.25, 0.3) is 0 Å². The number of thiocarbonyl (C=S) groups is 1. The average Bonchev–Trinajstić information content (AvgIpc) is 2.20. The summed E-state index contributed by atoms with van der Waals surface area (Å²) in [6.45, 7) is 1.53. The van der Waals surface area contributed by atoms with Crippen molar-refractivity contribution in [2.24, 2.45) is 45.9 Å². The zero-order valence-corrected chi connectivity index (χ0v) is 15.9. The lowest BCUT2D eigenvalue weighted by Gasteiger charge is -1.69. The molecule has 0 heterocycles. The molecule has 0 aliphatic carbocycles. The van der Waals surface area contributed by atoms with E-state index in [4.69, 9.17) is 59.6 Å². The quantitative estimate of drug-likeness (QED) is 0.0724. The molecule has 0 spiro atoms. The average molecular weight is 458 g/mol. The molecule has 170 valence electrons. The summed E-state index contributed by atoms with van der Waals surface area (Å²) in [4.78, 5) is 26.3. The zero-order chi connectivity index (χ0) is 25.0. The zero-order valence-electron chi connectivity index (χ0n) is 14.3. The van der Waals surface area contributed by atoms with E-state index >= 15 is 0 Å². The highest BCUT2D eigenvalue weighted by molar-refractivity contribution is 7.80. The molecule has 3 amide bonds. The fourth-order valence-corrected chi connectivity index (χ4v) is 0. The second-order valence-electron chi connectivity index (χ2n) is 2.79. The van der Waals surface area contributed by atoms with E-state index in [0.717, 1.165) is 0 Å². The van der Waals surface area contributed by atoms with Gasteiger partial charge in [0.15, 0.2) is 11.1 Å². The lowest BCUT2D eigenvalue weighted by Crippen LogP contribution is -2.20. The third kappa shape index (κ3) is 744. The highest BCUT2D eigenvalue weighted by atomic mass is 32.2. The van der Waals surface area contributed by atoms with Gasteiger partial charge in [-0.15, -0.1) is 0 Å². The lowest BCUT2D eigenvalue weighted by molar-refractivity contribution is 0.136. The molecule has 0 aliphatic heterocycles. The number of guanidine groups is 1. The molecule has 0 atom stereocenters. The Balaban J connectivity index is -0.0000000367. The minimum absolute atomic E-state index is 0.000000000000000222. The van der Waals surface area contributed by atoms with Crippen LogP contribution >= 0.6 is 12.2 Å². The highest BCUT2D eigenvalue weighted by Crippen LogP contribution is 1.44. The minimum atomic E-state index is -2.61. The molecule has 0 saturated heterocycles. The number of rotatable bonds is 0. The molecule has 0 bridgehead atoms. The topological polar surface area (TPSA) is 425 Å². The predicted octanol–water partition coefficient (Wildman–Crippen LogP) is -3.48. The molecule has 0 radical (unpaired) electrons. The predicted molar refractivity (Wildman–Crippen MR) is 105 cm³/mol. The molecule has 0 aliphatic rings. The number of carbonyl (C=O) groups excluding carboxylic acids is 1. The highest BCUT2D eigenvalue weighted by Gasteiger charge is 1.70. The molecule has 0 aromatic rings. The van der Waals surface area contributed by atoms with Gasteiger partial charge < -0.3 is 61.2 Å². The van der Waals surface area contributed by atoms with E-state index in [1.54, 1.807) is 0 Å². The molecule has 28 heavy (non-hydrogen) atoms. The number of carbonyl (C=O) groups is 3. The van der Waals surface area contributed by atoms with Crippen LogP contribution in [-0.2, 0) is 11.4 Å². The number of nitrogens with one attached hydrogen (secondary N) is 2. The first-order valence-corrected chi connectivity index (χ1v) is 6.80. The lowest BCUT2D eigenvalue weighted by atomic mass is 10.8. The van der Waals surface area contributed by atoms with E-state index in [9.17, 15) is 0 Å². The molecule has 0 aromatic carbocycles. The molecular formula is C7H26N10O9S2. The Morgan fingerprint density at radius 3 is 0.821 bits per heavy atom. The van der Waals surface area contributed by atoms with Crippen LogP contribution in [-0.4, -0.2) is 63.8 Å². The maximum atomic E-state index is 9.00. The Morgan fingerprint density at radius 2 is 0.821 bits per heavy atom. The van der Waals surface area contributed by atoms with Gasteiger partial charge in [0.25, 0.3) is 11.4 Å². The largest absolute Gasteiger partial charge is 0.503 e. The molecule has 23 N–H and O–H groups in total. The van der Waals surface area contributed by atoms with E-state index in [1.807, 2.05) is 0 Å². The van der Waals surface area contributed by atoms with Gasteiger partial charge in [-0.1, -0.05) is 0 Å². The summed E-state index contributed by atoms with van der Waals surface area (Å²) in [6, 6.07) is -0.833. The SMILES string of the molecule is CC(=N)N.N=C(N)N.NC(=O)O.NC(N)=O.NC(N)=S.O=C(O)O.O=S(O)O. The van der Waals surface area contributed by atoms with E-state index in [0.29, 0.717) is 0 Å². The molecule has 0 saturated carbocycles. The number of hydrogen-bond acceptors (Lipinski definition) is 7. The summed E-state index contributed by atoms with van der Waals surface area (Å²) in [5.41, 5.74) is 35.4. The Morgan fingerprint density at radius 1 is 0.821 bits per heavy atom. The van der Waals surface area contributed by atoms with Crippen LogP contribution in [0.5, 0.6) is 0 Å². The summed E-state index contributed by atoms with van der Waals surface area (Å²) in [5, 5.41) is 33.5. The maximum Gasteiger partial charge on any atom is 0.503 e. The second kappa shape index (κ2) is 38.7. The first kappa shape index (κ1) is 44.1. The molecule has 0 rings (SSSR count). The number of nitrogens with two attached hydrogens (primary N) is 8. The van der Waals surface area contributed by atoms with Crippen LogP contribution in [0.4, 0.5) is 14.4 Å². The van der Waals surface area contributed by atoms with Gasteiger partial charge in [0.2, 0.25) is 0 Å². The van der Waals surface area contributed by atoms with Crippen LogP contribution in [0.3, 0.4) is 0 Å².